The van der Waals surface area contributed by atoms with Crippen molar-refractivity contribution in [1.82, 2.24) is 0 Å². The highest BCUT2D eigenvalue weighted by atomic mass is 19.1. The van der Waals surface area contributed by atoms with Crippen molar-refractivity contribution in [3.63, 3.8) is 0 Å². The van der Waals surface area contributed by atoms with E-state index in [1.165, 1.54) is 24.3 Å². The van der Waals surface area contributed by atoms with Crippen LogP contribution in [0.1, 0.15) is 11.1 Å². The summed E-state index contributed by atoms with van der Waals surface area (Å²) in [6, 6.07) is 14.8. The molecule has 0 atom stereocenters. The van der Waals surface area contributed by atoms with Gasteiger partial charge >= 0.3 is 0 Å². The van der Waals surface area contributed by atoms with Crippen molar-refractivity contribution in [2.75, 3.05) is 5.32 Å². The van der Waals surface area contributed by atoms with Crippen molar-refractivity contribution in [3.05, 3.63) is 71.0 Å². The number of anilines is 1. The maximum absolute atomic E-state index is 13.1. The predicted molar refractivity (Wildman–Crippen MR) is 79.8 cm³/mol. The van der Waals surface area contributed by atoms with Gasteiger partial charge < -0.3 is 5.32 Å². The molecular formula is C17H13FN2O. The Kier molecular flexibility index (Phi) is 4.47. The van der Waals surface area contributed by atoms with Gasteiger partial charge in [-0.05, 0) is 42.8 Å². The molecule has 0 aliphatic carbocycles. The van der Waals surface area contributed by atoms with Gasteiger partial charge in [-0.1, -0.05) is 29.8 Å². The van der Waals surface area contributed by atoms with E-state index < -0.39 is 11.7 Å². The molecular weight excluding hydrogens is 267 g/mol. The minimum Gasteiger partial charge on any atom is -0.321 e. The van der Waals surface area contributed by atoms with E-state index in [0.717, 1.165) is 5.56 Å². The molecule has 0 spiro atoms. The van der Waals surface area contributed by atoms with E-state index in [-0.39, 0.29) is 5.57 Å². The smallest absolute Gasteiger partial charge is 0.266 e. The standard InChI is InChI=1S/C17H13FN2O/c1-12-5-7-16(8-6-12)20-17(21)14(11-19)9-13-3-2-4-15(18)10-13/h2-10H,1H3,(H,20,21)/b14-9+. The number of benzene rings is 2. The number of nitrogens with one attached hydrogen (secondary N) is 1. The Hall–Kier alpha value is -2.93. The van der Waals surface area contributed by atoms with E-state index >= 15 is 0 Å². The molecule has 0 radical (unpaired) electrons. The lowest BCUT2D eigenvalue weighted by atomic mass is 10.1. The van der Waals surface area contributed by atoms with Crippen molar-refractivity contribution in [2.24, 2.45) is 0 Å². The molecule has 0 bridgehead atoms. The van der Waals surface area contributed by atoms with Gasteiger partial charge in [-0.2, -0.15) is 5.26 Å². The summed E-state index contributed by atoms with van der Waals surface area (Å²) in [4.78, 5) is 12.0. The minimum absolute atomic E-state index is 0.0822. The monoisotopic (exact) mass is 280 g/mol. The Morgan fingerprint density at radius 3 is 2.57 bits per heavy atom. The zero-order chi connectivity index (χ0) is 15.2. The number of rotatable bonds is 3. The number of hydrogen-bond donors (Lipinski definition) is 1. The van der Waals surface area contributed by atoms with Gasteiger partial charge in [-0.25, -0.2) is 4.39 Å². The fourth-order valence-electron chi connectivity index (χ4n) is 1.75. The van der Waals surface area contributed by atoms with Crippen molar-refractivity contribution < 1.29 is 9.18 Å². The van der Waals surface area contributed by atoms with Crippen molar-refractivity contribution in [2.45, 2.75) is 6.92 Å². The summed E-state index contributed by atoms with van der Waals surface area (Å²) in [5.74, 6) is -0.939. The van der Waals surface area contributed by atoms with Crippen LogP contribution in [-0.2, 0) is 4.79 Å². The molecule has 0 fully saturated rings. The fraction of sp³-hybridized carbons (Fsp3) is 0.0588. The molecule has 0 heterocycles. The van der Waals surface area contributed by atoms with Crippen LogP contribution in [0.5, 0.6) is 0 Å². The van der Waals surface area contributed by atoms with E-state index in [1.54, 1.807) is 18.2 Å². The molecule has 0 aliphatic rings. The molecule has 2 rings (SSSR count). The predicted octanol–water partition coefficient (Wildman–Crippen LogP) is 3.68. The second-order valence-electron chi connectivity index (χ2n) is 4.54. The molecule has 104 valence electrons. The highest BCUT2D eigenvalue weighted by Crippen LogP contribution is 2.13. The molecule has 0 unspecified atom stereocenters. The van der Waals surface area contributed by atoms with Crippen molar-refractivity contribution >= 4 is 17.7 Å². The Bertz CT molecular complexity index is 727. The molecule has 3 nitrogen and oxygen atoms in total. The number of nitriles is 1. The Labute approximate surface area is 122 Å². The Morgan fingerprint density at radius 1 is 1.24 bits per heavy atom. The van der Waals surface area contributed by atoms with E-state index in [0.29, 0.717) is 11.3 Å². The molecule has 2 aromatic rings. The number of carbonyl (C=O) groups excluding carboxylic acids is 1. The van der Waals surface area contributed by atoms with Crippen LogP contribution >= 0.6 is 0 Å². The van der Waals surface area contributed by atoms with E-state index in [4.69, 9.17) is 5.26 Å². The summed E-state index contributed by atoms with van der Waals surface area (Å²) < 4.78 is 13.1. The molecule has 0 saturated heterocycles. The van der Waals surface area contributed by atoms with Crippen LogP contribution in [0.25, 0.3) is 6.08 Å². The van der Waals surface area contributed by atoms with Gasteiger partial charge in [0.2, 0.25) is 0 Å². The summed E-state index contributed by atoms with van der Waals surface area (Å²) >= 11 is 0. The zero-order valence-corrected chi connectivity index (χ0v) is 11.4. The molecule has 2 aromatic carbocycles. The summed E-state index contributed by atoms with van der Waals surface area (Å²) in [5.41, 5.74) is 2.06. The number of aryl methyl sites for hydroxylation is 1. The molecule has 1 N–H and O–H groups in total. The highest BCUT2D eigenvalue weighted by molar-refractivity contribution is 6.09. The van der Waals surface area contributed by atoms with Gasteiger partial charge in [0.1, 0.15) is 17.5 Å². The van der Waals surface area contributed by atoms with E-state index in [1.807, 2.05) is 25.1 Å². The third kappa shape index (κ3) is 4.02. The van der Waals surface area contributed by atoms with Crippen LogP contribution in [0.15, 0.2) is 54.1 Å². The lowest BCUT2D eigenvalue weighted by Gasteiger charge is -2.04. The van der Waals surface area contributed by atoms with Gasteiger partial charge in [0, 0.05) is 5.69 Å². The van der Waals surface area contributed by atoms with Crippen LogP contribution in [0, 0.1) is 24.1 Å². The van der Waals surface area contributed by atoms with Crippen LogP contribution in [0.3, 0.4) is 0 Å². The summed E-state index contributed by atoms with van der Waals surface area (Å²) in [6.07, 6.45) is 1.35. The number of halogens is 1. The first-order valence-corrected chi connectivity index (χ1v) is 6.34. The third-order valence-electron chi connectivity index (χ3n) is 2.83. The number of carbonyl (C=O) groups is 1. The van der Waals surface area contributed by atoms with Crippen LogP contribution < -0.4 is 5.32 Å². The van der Waals surface area contributed by atoms with E-state index in [9.17, 15) is 9.18 Å². The van der Waals surface area contributed by atoms with Gasteiger partial charge in [0.05, 0.1) is 0 Å². The maximum Gasteiger partial charge on any atom is 0.266 e. The lowest BCUT2D eigenvalue weighted by molar-refractivity contribution is -0.112. The largest absolute Gasteiger partial charge is 0.321 e. The highest BCUT2D eigenvalue weighted by Gasteiger charge is 2.09. The molecule has 0 aromatic heterocycles. The first-order valence-electron chi connectivity index (χ1n) is 6.34. The fourth-order valence-corrected chi connectivity index (χ4v) is 1.75. The topological polar surface area (TPSA) is 52.9 Å². The normalized spacial score (nSPS) is 10.8. The number of hydrogen-bond acceptors (Lipinski definition) is 2. The van der Waals surface area contributed by atoms with Gasteiger partial charge in [0.15, 0.2) is 0 Å². The van der Waals surface area contributed by atoms with Gasteiger partial charge in [-0.3, -0.25) is 4.79 Å². The van der Waals surface area contributed by atoms with Gasteiger partial charge in [-0.15, -0.1) is 0 Å². The van der Waals surface area contributed by atoms with Crippen LogP contribution in [-0.4, -0.2) is 5.91 Å². The average molecular weight is 280 g/mol. The van der Waals surface area contributed by atoms with Crippen LogP contribution in [0.4, 0.5) is 10.1 Å². The SMILES string of the molecule is Cc1ccc(NC(=O)/C(C#N)=C/c2cccc(F)c2)cc1. The van der Waals surface area contributed by atoms with Crippen molar-refractivity contribution in [3.8, 4) is 6.07 Å². The second kappa shape index (κ2) is 6.49. The average Bonchev–Trinajstić information content (AvgIpc) is 2.47. The molecule has 1 amide bonds. The zero-order valence-electron chi connectivity index (χ0n) is 11.4. The number of amides is 1. The van der Waals surface area contributed by atoms with Gasteiger partial charge in [0.25, 0.3) is 5.91 Å². The summed E-state index contributed by atoms with van der Waals surface area (Å²) in [6.45, 7) is 1.94. The molecule has 21 heavy (non-hydrogen) atoms. The minimum atomic E-state index is -0.523. The van der Waals surface area contributed by atoms with Crippen LogP contribution in [0.2, 0.25) is 0 Å². The summed E-state index contributed by atoms with van der Waals surface area (Å²) in [5, 5.41) is 11.7. The number of nitrogens with zero attached hydrogens (tertiary/aromatic N) is 1. The first kappa shape index (κ1) is 14.5. The lowest BCUT2D eigenvalue weighted by Crippen LogP contribution is -2.13. The molecule has 0 aliphatic heterocycles. The molecule has 0 saturated carbocycles. The maximum atomic E-state index is 13.1. The Morgan fingerprint density at radius 2 is 1.95 bits per heavy atom. The second-order valence-corrected chi connectivity index (χ2v) is 4.54. The van der Waals surface area contributed by atoms with E-state index in [2.05, 4.69) is 5.32 Å². The molecule has 4 heteroatoms. The quantitative estimate of drug-likeness (QED) is 0.688. The third-order valence-corrected chi connectivity index (χ3v) is 2.83. The summed E-state index contributed by atoms with van der Waals surface area (Å²) in [7, 11) is 0. The van der Waals surface area contributed by atoms with Crippen molar-refractivity contribution in [1.29, 1.82) is 5.26 Å². The first-order chi connectivity index (χ1) is 10.1. The Balaban J connectivity index is 2.19.